The minimum Gasteiger partial charge on any atom is -0.491 e. The van der Waals surface area contributed by atoms with Crippen LogP contribution in [0.15, 0.2) is 24.3 Å². The zero-order chi connectivity index (χ0) is 17.7. The number of carbonyl (C=O) groups is 2. The number of carboxylic acid groups (broad SMARTS) is 1. The maximum absolute atomic E-state index is 12.5. The number of thioether (sulfide) groups is 1. The van der Waals surface area contributed by atoms with Crippen molar-refractivity contribution in [2.75, 3.05) is 24.7 Å². The molecule has 7 heteroatoms. The van der Waals surface area contributed by atoms with Crippen molar-refractivity contribution in [2.24, 2.45) is 0 Å². The molecule has 2 N–H and O–H groups in total. The molecular formula is C18H23NO5S. The summed E-state index contributed by atoms with van der Waals surface area (Å²) in [6.45, 7) is 1.29. The Kier molecular flexibility index (Phi) is 5.86. The molecule has 0 radical (unpaired) electrons. The van der Waals surface area contributed by atoms with Crippen molar-refractivity contribution >= 4 is 23.6 Å². The molecule has 0 bridgehead atoms. The van der Waals surface area contributed by atoms with E-state index in [4.69, 9.17) is 9.47 Å². The maximum Gasteiger partial charge on any atom is 0.329 e. The normalized spacial score (nSPS) is 22.3. The van der Waals surface area contributed by atoms with E-state index >= 15 is 0 Å². The second-order valence-electron chi connectivity index (χ2n) is 6.42. The van der Waals surface area contributed by atoms with Gasteiger partial charge in [-0.2, -0.15) is 11.8 Å². The lowest BCUT2D eigenvalue weighted by Crippen LogP contribution is -2.56. The fourth-order valence-corrected chi connectivity index (χ4v) is 4.26. The Morgan fingerprint density at radius 3 is 2.60 bits per heavy atom. The Morgan fingerprint density at radius 2 is 2.00 bits per heavy atom. The van der Waals surface area contributed by atoms with E-state index in [9.17, 15) is 14.7 Å². The van der Waals surface area contributed by atoms with Gasteiger partial charge in [-0.15, -0.1) is 0 Å². The first kappa shape index (κ1) is 18.1. The first-order valence-corrected chi connectivity index (χ1v) is 9.73. The number of aliphatic carboxylic acids is 1. The summed E-state index contributed by atoms with van der Waals surface area (Å²) in [6, 6.07) is 6.78. The van der Waals surface area contributed by atoms with Crippen LogP contribution >= 0.6 is 11.8 Å². The van der Waals surface area contributed by atoms with E-state index in [2.05, 4.69) is 5.32 Å². The summed E-state index contributed by atoms with van der Waals surface area (Å²) >= 11 is 1.71. The van der Waals surface area contributed by atoms with Crippen molar-refractivity contribution in [3.8, 4) is 5.75 Å². The zero-order valence-corrected chi connectivity index (χ0v) is 14.8. The Labute approximate surface area is 151 Å². The van der Waals surface area contributed by atoms with Crippen LogP contribution in [0.2, 0.25) is 0 Å². The Hall–Kier alpha value is -1.73. The third-order valence-electron chi connectivity index (χ3n) is 4.68. The standard InChI is InChI=1S/C18H23NO5S/c20-16(19-18(17(21)22)7-10-25-11-8-18)13-3-5-14(6-4-13)24-12-15-2-1-9-23-15/h3-6,15H,1-2,7-12H2,(H,19,20)(H,21,22). The summed E-state index contributed by atoms with van der Waals surface area (Å²) in [5.74, 6) is 0.831. The molecule has 25 heavy (non-hydrogen) atoms. The van der Waals surface area contributed by atoms with E-state index in [0.29, 0.717) is 30.8 Å². The molecular weight excluding hydrogens is 342 g/mol. The summed E-state index contributed by atoms with van der Waals surface area (Å²) in [4.78, 5) is 24.1. The van der Waals surface area contributed by atoms with E-state index in [1.54, 1.807) is 36.0 Å². The van der Waals surface area contributed by atoms with Gasteiger partial charge in [0, 0.05) is 12.2 Å². The number of ether oxygens (including phenoxy) is 2. The highest BCUT2D eigenvalue weighted by molar-refractivity contribution is 7.99. The smallest absolute Gasteiger partial charge is 0.329 e. The molecule has 2 aliphatic heterocycles. The predicted molar refractivity (Wildman–Crippen MR) is 95.3 cm³/mol. The van der Waals surface area contributed by atoms with Gasteiger partial charge < -0.3 is 19.9 Å². The summed E-state index contributed by atoms with van der Waals surface area (Å²) in [5.41, 5.74) is -0.722. The van der Waals surface area contributed by atoms with Gasteiger partial charge in [0.2, 0.25) is 0 Å². The van der Waals surface area contributed by atoms with Gasteiger partial charge in [-0.1, -0.05) is 0 Å². The lowest BCUT2D eigenvalue weighted by Gasteiger charge is -2.33. The molecule has 1 aromatic carbocycles. The summed E-state index contributed by atoms with van der Waals surface area (Å²) in [7, 11) is 0. The second kappa shape index (κ2) is 8.10. The zero-order valence-electron chi connectivity index (χ0n) is 14.0. The molecule has 2 heterocycles. The van der Waals surface area contributed by atoms with Crippen LogP contribution in [0.25, 0.3) is 0 Å². The minimum atomic E-state index is -1.16. The number of nitrogens with one attached hydrogen (secondary N) is 1. The number of carboxylic acids is 1. The molecule has 1 atom stereocenters. The molecule has 3 rings (SSSR count). The molecule has 6 nitrogen and oxygen atoms in total. The van der Waals surface area contributed by atoms with Crippen LogP contribution in [0.1, 0.15) is 36.0 Å². The molecule has 1 amide bonds. The SMILES string of the molecule is O=C(NC1(C(=O)O)CCSCC1)c1ccc(OCC2CCCO2)cc1. The second-order valence-corrected chi connectivity index (χ2v) is 7.65. The molecule has 0 aliphatic carbocycles. The van der Waals surface area contributed by atoms with Crippen LogP contribution in [-0.4, -0.2) is 53.3 Å². The molecule has 136 valence electrons. The highest BCUT2D eigenvalue weighted by Gasteiger charge is 2.41. The van der Waals surface area contributed by atoms with E-state index in [0.717, 1.165) is 31.0 Å². The summed E-state index contributed by atoms with van der Waals surface area (Å²) < 4.78 is 11.2. The first-order valence-electron chi connectivity index (χ1n) is 8.57. The fourth-order valence-electron chi connectivity index (χ4n) is 3.07. The number of hydrogen-bond acceptors (Lipinski definition) is 5. The Balaban J connectivity index is 1.58. The van der Waals surface area contributed by atoms with Crippen LogP contribution in [0.4, 0.5) is 0 Å². The molecule has 2 aliphatic rings. The summed E-state index contributed by atoms with van der Waals surface area (Å²) in [5, 5.41) is 12.3. The highest BCUT2D eigenvalue weighted by atomic mass is 32.2. The van der Waals surface area contributed by atoms with Crippen molar-refractivity contribution in [3.63, 3.8) is 0 Å². The van der Waals surface area contributed by atoms with Crippen molar-refractivity contribution < 1.29 is 24.2 Å². The third kappa shape index (κ3) is 4.46. The van der Waals surface area contributed by atoms with Gasteiger partial charge in [-0.3, -0.25) is 4.79 Å². The van der Waals surface area contributed by atoms with Gasteiger partial charge >= 0.3 is 5.97 Å². The average molecular weight is 365 g/mol. The monoisotopic (exact) mass is 365 g/mol. The van der Waals surface area contributed by atoms with Crippen LogP contribution < -0.4 is 10.1 Å². The van der Waals surface area contributed by atoms with E-state index in [1.807, 2.05) is 0 Å². The first-order chi connectivity index (χ1) is 12.1. The Bertz CT molecular complexity index is 606. The average Bonchev–Trinajstić information content (AvgIpc) is 3.14. The molecule has 1 aromatic rings. The van der Waals surface area contributed by atoms with Gasteiger partial charge in [0.25, 0.3) is 5.91 Å². The molecule has 0 saturated carbocycles. The van der Waals surface area contributed by atoms with Gasteiger partial charge in [-0.25, -0.2) is 4.79 Å². The number of hydrogen-bond donors (Lipinski definition) is 2. The van der Waals surface area contributed by atoms with Crippen molar-refractivity contribution in [3.05, 3.63) is 29.8 Å². The highest BCUT2D eigenvalue weighted by Crippen LogP contribution is 2.28. The van der Waals surface area contributed by atoms with Gasteiger partial charge in [-0.05, 0) is 61.5 Å². The number of benzene rings is 1. The number of rotatable bonds is 6. The Morgan fingerprint density at radius 1 is 1.28 bits per heavy atom. The van der Waals surface area contributed by atoms with Gasteiger partial charge in [0.15, 0.2) is 0 Å². The molecule has 2 saturated heterocycles. The van der Waals surface area contributed by atoms with Crippen molar-refractivity contribution in [1.29, 1.82) is 0 Å². The van der Waals surface area contributed by atoms with Crippen LogP contribution in [0.5, 0.6) is 5.75 Å². The summed E-state index contributed by atoms with van der Waals surface area (Å²) in [6.07, 6.45) is 3.11. The lowest BCUT2D eigenvalue weighted by atomic mass is 9.92. The third-order valence-corrected chi connectivity index (χ3v) is 5.67. The van der Waals surface area contributed by atoms with Crippen molar-refractivity contribution in [2.45, 2.75) is 37.3 Å². The van der Waals surface area contributed by atoms with Crippen molar-refractivity contribution in [1.82, 2.24) is 5.32 Å². The molecule has 0 spiro atoms. The van der Waals surface area contributed by atoms with Gasteiger partial charge in [0.1, 0.15) is 17.9 Å². The lowest BCUT2D eigenvalue weighted by molar-refractivity contribution is -0.144. The number of carbonyl (C=O) groups excluding carboxylic acids is 1. The van der Waals surface area contributed by atoms with Gasteiger partial charge in [0.05, 0.1) is 6.10 Å². The largest absolute Gasteiger partial charge is 0.491 e. The van der Waals surface area contributed by atoms with Crippen LogP contribution in [0, 0.1) is 0 Å². The number of amides is 1. The minimum absolute atomic E-state index is 0.141. The topological polar surface area (TPSA) is 84.9 Å². The van der Waals surface area contributed by atoms with E-state index in [1.165, 1.54) is 0 Å². The van der Waals surface area contributed by atoms with E-state index in [-0.39, 0.29) is 12.0 Å². The molecule has 2 fully saturated rings. The quantitative estimate of drug-likeness (QED) is 0.805. The molecule has 0 aromatic heterocycles. The van der Waals surface area contributed by atoms with Crippen LogP contribution in [0.3, 0.4) is 0 Å². The fraction of sp³-hybridized carbons (Fsp3) is 0.556. The maximum atomic E-state index is 12.5. The molecule has 1 unspecified atom stereocenters. The van der Waals surface area contributed by atoms with Crippen LogP contribution in [-0.2, 0) is 9.53 Å². The van der Waals surface area contributed by atoms with E-state index < -0.39 is 11.5 Å². The predicted octanol–water partition coefficient (Wildman–Crippen LogP) is 2.32.